The van der Waals surface area contributed by atoms with Gasteiger partial charge in [-0.1, -0.05) is 35.4 Å². The summed E-state index contributed by atoms with van der Waals surface area (Å²) < 4.78 is 27.9. The van der Waals surface area contributed by atoms with E-state index >= 15 is 0 Å². The van der Waals surface area contributed by atoms with Gasteiger partial charge in [-0.05, 0) is 84.5 Å². The number of carbonyl (C=O) groups is 1. The number of nitrogens with one attached hydrogen (secondary N) is 2. The summed E-state index contributed by atoms with van der Waals surface area (Å²) in [6.45, 7) is 4.24. The molecule has 3 aromatic carbocycles. The molecule has 0 fully saturated rings. The van der Waals surface area contributed by atoms with Crippen LogP contribution in [0.3, 0.4) is 0 Å². The fourth-order valence-corrected chi connectivity index (χ4v) is 5.12. The molecule has 10 heteroatoms. The molecule has 0 aliphatic rings. The lowest BCUT2D eigenvalue weighted by Gasteiger charge is -2.11. The van der Waals surface area contributed by atoms with Crippen LogP contribution in [0.5, 0.6) is 0 Å². The number of imidazole rings is 1. The van der Waals surface area contributed by atoms with E-state index in [0.29, 0.717) is 17.1 Å². The van der Waals surface area contributed by atoms with Crippen molar-refractivity contribution < 1.29 is 13.2 Å². The summed E-state index contributed by atoms with van der Waals surface area (Å²) in [5.41, 5.74) is 5.91. The summed E-state index contributed by atoms with van der Waals surface area (Å²) in [5.74, 6) is 0.197. The molecule has 2 N–H and O–H groups in total. The van der Waals surface area contributed by atoms with Gasteiger partial charge in [0.25, 0.3) is 15.9 Å². The van der Waals surface area contributed by atoms with E-state index in [-0.39, 0.29) is 4.90 Å². The number of amides is 1. The van der Waals surface area contributed by atoms with Crippen LogP contribution in [0.15, 0.2) is 65.6 Å². The third-order valence-electron chi connectivity index (χ3n) is 5.18. The lowest BCUT2D eigenvalue weighted by Crippen LogP contribution is -2.41. The molecule has 0 saturated carbocycles. The van der Waals surface area contributed by atoms with Crippen LogP contribution in [0.4, 0.5) is 0 Å². The van der Waals surface area contributed by atoms with E-state index in [1.807, 2.05) is 36.6 Å². The molecule has 0 unspecified atom stereocenters. The summed E-state index contributed by atoms with van der Waals surface area (Å²) >= 11 is 8.61. The van der Waals surface area contributed by atoms with Gasteiger partial charge in [-0.15, -0.1) is 4.83 Å². The molecular formula is C23H20ClIN4O3S. The third kappa shape index (κ3) is 5.21. The summed E-state index contributed by atoms with van der Waals surface area (Å²) in [6, 6.07) is 17.2. The van der Waals surface area contributed by atoms with Gasteiger partial charge in [0.2, 0.25) is 0 Å². The number of rotatable bonds is 6. The minimum atomic E-state index is -3.89. The summed E-state index contributed by atoms with van der Waals surface area (Å²) in [5, 5.41) is 0.655. The number of benzene rings is 3. The minimum Gasteiger partial charge on any atom is -0.324 e. The van der Waals surface area contributed by atoms with Gasteiger partial charge in [-0.2, -0.15) is 0 Å². The molecule has 1 aromatic heterocycles. The van der Waals surface area contributed by atoms with Crippen LogP contribution in [0, 0.1) is 17.4 Å². The van der Waals surface area contributed by atoms with E-state index < -0.39 is 15.9 Å². The fraction of sp³-hybridized carbons (Fsp3) is 0.130. The highest BCUT2D eigenvalue weighted by molar-refractivity contribution is 14.1. The van der Waals surface area contributed by atoms with Gasteiger partial charge in [0.1, 0.15) is 5.82 Å². The van der Waals surface area contributed by atoms with Crippen molar-refractivity contribution in [2.24, 2.45) is 0 Å². The number of aromatic nitrogens is 2. The SMILES string of the molecule is Cc1ccc(S(=O)(=O)NNC(=O)c2ccc3nc(C)n(Cc4ccc(I)cc4Cl)c3c2)cc1. The number of aryl methyl sites for hydroxylation is 2. The molecule has 0 atom stereocenters. The van der Waals surface area contributed by atoms with Gasteiger partial charge >= 0.3 is 0 Å². The van der Waals surface area contributed by atoms with E-state index in [9.17, 15) is 13.2 Å². The molecule has 4 aromatic rings. The van der Waals surface area contributed by atoms with Gasteiger partial charge in [-0.25, -0.2) is 13.4 Å². The van der Waals surface area contributed by atoms with Crippen molar-refractivity contribution in [2.45, 2.75) is 25.3 Å². The number of carbonyl (C=O) groups excluding carboxylic acids is 1. The predicted octanol–water partition coefficient (Wildman–Crippen LogP) is 4.58. The van der Waals surface area contributed by atoms with Crippen molar-refractivity contribution in [1.82, 2.24) is 19.8 Å². The van der Waals surface area contributed by atoms with Crippen molar-refractivity contribution in [3.05, 3.63) is 91.8 Å². The van der Waals surface area contributed by atoms with Gasteiger partial charge in [0.15, 0.2) is 0 Å². The highest BCUT2D eigenvalue weighted by Gasteiger charge is 2.17. The average Bonchev–Trinajstić information content (AvgIpc) is 3.08. The fourth-order valence-electron chi connectivity index (χ4n) is 3.37. The first kappa shape index (κ1) is 23.7. The molecule has 4 rings (SSSR count). The lowest BCUT2D eigenvalue weighted by atomic mass is 10.1. The molecular weight excluding hydrogens is 575 g/mol. The Balaban J connectivity index is 1.57. The maximum Gasteiger partial charge on any atom is 0.266 e. The Morgan fingerprint density at radius 3 is 2.48 bits per heavy atom. The highest BCUT2D eigenvalue weighted by Crippen LogP contribution is 2.24. The van der Waals surface area contributed by atoms with Crippen molar-refractivity contribution in [3.8, 4) is 0 Å². The van der Waals surface area contributed by atoms with E-state index in [4.69, 9.17) is 11.6 Å². The monoisotopic (exact) mass is 594 g/mol. The Morgan fingerprint density at radius 1 is 1.06 bits per heavy atom. The first-order valence-corrected chi connectivity index (χ1v) is 12.9. The summed E-state index contributed by atoms with van der Waals surface area (Å²) in [7, 11) is -3.89. The molecule has 1 heterocycles. The molecule has 0 saturated heterocycles. The molecule has 7 nitrogen and oxygen atoms in total. The van der Waals surface area contributed by atoms with Gasteiger partial charge < -0.3 is 4.57 Å². The molecule has 0 bridgehead atoms. The van der Waals surface area contributed by atoms with Crippen LogP contribution in [0.2, 0.25) is 5.02 Å². The van der Waals surface area contributed by atoms with Crippen LogP contribution >= 0.6 is 34.2 Å². The zero-order valence-electron chi connectivity index (χ0n) is 17.8. The topological polar surface area (TPSA) is 93.1 Å². The molecule has 0 aliphatic carbocycles. The Kier molecular flexibility index (Phi) is 6.76. The van der Waals surface area contributed by atoms with E-state index in [1.54, 1.807) is 30.3 Å². The van der Waals surface area contributed by atoms with E-state index in [2.05, 4.69) is 37.8 Å². The van der Waals surface area contributed by atoms with Crippen LogP contribution in [-0.4, -0.2) is 23.9 Å². The quantitative estimate of drug-likeness (QED) is 0.253. The minimum absolute atomic E-state index is 0.0620. The molecule has 1 amide bonds. The third-order valence-corrected chi connectivity index (χ3v) is 7.46. The lowest BCUT2D eigenvalue weighted by molar-refractivity contribution is 0.0945. The Hall–Kier alpha value is -2.47. The average molecular weight is 595 g/mol. The Bertz CT molecular complexity index is 1470. The van der Waals surface area contributed by atoms with Crippen LogP contribution in [0.1, 0.15) is 27.3 Å². The number of nitrogens with zero attached hydrogens (tertiary/aromatic N) is 2. The zero-order chi connectivity index (χ0) is 23.8. The first-order chi connectivity index (χ1) is 15.6. The summed E-state index contributed by atoms with van der Waals surface area (Å²) in [6.07, 6.45) is 0. The number of hydrazine groups is 1. The maximum atomic E-state index is 12.7. The number of hydrogen-bond acceptors (Lipinski definition) is 4. The highest BCUT2D eigenvalue weighted by atomic mass is 127. The normalized spacial score (nSPS) is 11.6. The van der Waals surface area contributed by atoms with Gasteiger partial charge in [0.05, 0.1) is 22.5 Å². The van der Waals surface area contributed by atoms with Crippen molar-refractivity contribution >= 4 is 61.2 Å². The standard InChI is InChI=1S/C23H20ClIN4O3S/c1-14-3-8-19(9-4-14)33(31,32)28-27-23(30)16-6-10-21-22(11-16)29(15(2)26-21)13-17-5-7-18(25)12-20(17)24/h3-12,28H,13H2,1-2H3,(H,27,30). The largest absolute Gasteiger partial charge is 0.324 e. The molecule has 0 spiro atoms. The Morgan fingerprint density at radius 2 is 1.79 bits per heavy atom. The smallest absolute Gasteiger partial charge is 0.266 e. The molecule has 33 heavy (non-hydrogen) atoms. The zero-order valence-corrected chi connectivity index (χ0v) is 21.5. The van der Waals surface area contributed by atoms with E-state index in [0.717, 1.165) is 31.6 Å². The van der Waals surface area contributed by atoms with Crippen LogP contribution in [-0.2, 0) is 16.6 Å². The van der Waals surface area contributed by atoms with Crippen molar-refractivity contribution in [1.29, 1.82) is 0 Å². The number of sulfonamides is 1. The number of fused-ring (bicyclic) bond motifs is 1. The van der Waals surface area contributed by atoms with E-state index in [1.165, 1.54) is 12.1 Å². The van der Waals surface area contributed by atoms with Crippen LogP contribution in [0.25, 0.3) is 11.0 Å². The van der Waals surface area contributed by atoms with Gasteiger partial charge in [-0.3, -0.25) is 10.2 Å². The molecule has 0 radical (unpaired) electrons. The number of hydrogen-bond donors (Lipinski definition) is 2. The summed E-state index contributed by atoms with van der Waals surface area (Å²) in [4.78, 5) is 19.5. The maximum absolute atomic E-state index is 12.7. The van der Waals surface area contributed by atoms with Crippen molar-refractivity contribution in [2.75, 3.05) is 0 Å². The van der Waals surface area contributed by atoms with Crippen molar-refractivity contribution in [3.63, 3.8) is 0 Å². The second kappa shape index (κ2) is 9.41. The van der Waals surface area contributed by atoms with Crippen LogP contribution < -0.4 is 10.3 Å². The predicted molar refractivity (Wildman–Crippen MR) is 137 cm³/mol. The second-order valence-corrected chi connectivity index (χ2v) is 10.9. The number of halogens is 2. The first-order valence-electron chi connectivity index (χ1n) is 9.94. The molecule has 170 valence electrons. The second-order valence-electron chi connectivity index (χ2n) is 7.56. The Labute approximate surface area is 210 Å². The van der Waals surface area contributed by atoms with Gasteiger partial charge in [0, 0.05) is 14.2 Å². The molecule has 0 aliphatic heterocycles.